The molecule has 0 N–H and O–H groups in total. The molecule has 124 valence electrons. The van der Waals surface area contributed by atoms with Gasteiger partial charge in [-0.2, -0.15) is 0 Å². The Bertz CT molecular complexity index is 1070. The molecule has 0 radical (unpaired) electrons. The predicted octanol–water partition coefficient (Wildman–Crippen LogP) is 5.38. The number of benzene rings is 3. The smallest absolute Gasteiger partial charge is 0.161 e. The molecule has 0 fully saturated rings. The molecule has 0 aliphatic rings. The topological polar surface area (TPSA) is 31.4 Å². The SMILES string of the molecule is COc1cc2c(-c3ccccc3)nc3ccc(C)cc3c2cc1OC. The molecule has 0 saturated carbocycles. The largest absolute Gasteiger partial charge is 0.493 e. The number of aromatic nitrogens is 1. The summed E-state index contributed by atoms with van der Waals surface area (Å²) in [6.07, 6.45) is 0. The number of fused-ring (bicyclic) bond motifs is 3. The molecule has 1 aromatic heterocycles. The fourth-order valence-electron chi connectivity index (χ4n) is 3.26. The molecule has 0 aliphatic carbocycles. The summed E-state index contributed by atoms with van der Waals surface area (Å²) >= 11 is 0. The maximum atomic E-state index is 5.52. The van der Waals surface area contributed by atoms with Crippen molar-refractivity contribution in [1.29, 1.82) is 0 Å². The highest BCUT2D eigenvalue weighted by molar-refractivity contribution is 6.12. The Labute approximate surface area is 146 Å². The second-order valence-corrected chi connectivity index (χ2v) is 6.10. The quantitative estimate of drug-likeness (QED) is 0.473. The Morgan fingerprint density at radius 3 is 2.08 bits per heavy atom. The van der Waals surface area contributed by atoms with Crippen molar-refractivity contribution in [2.45, 2.75) is 6.92 Å². The van der Waals surface area contributed by atoms with Crippen molar-refractivity contribution in [3.63, 3.8) is 0 Å². The van der Waals surface area contributed by atoms with E-state index in [1.165, 1.54) is 5.56 Å². The van der Waals surface area contributed by atoms with Gasteiger partial charge < -0.3 is 9.47 Å². The molecule has 0 atom stereocenters. The summed E-state index contributed by atoms with van der Waals surface area (Å²) in [6.45, 7) is 2.09. The fraction of sp³-hybridized carbons (Fsp3) is 0.136. The lowest BCUT2D eigenvalue weighted by molar-refractivity contribution is 0.356. The normalized spacial score (nSPS) is 11.0. The Morgan fingerprint density at radius 1 is 0.720 bits per heavy atom. The van der Waals surface area contributed by atoms with Crippen molar-refractivity contribution in [2.24, 2.45) is 0 Å². The van der Waals surface area contributed by atoms with Gasteiger partial charge in [0.2, 0.25) is 0 Å². The first kappa shape index (κ1) is 15.5. The molecule has 3 heteroatoms. The molecule has 0 spiro atoms. The van der Waals surface area contributed by atoms with E-state index in [0.29, 0.717) is 5.75 Å². The van der Waals surface area contributed by atoms with Crippen molar-refractivity contribution >= 4 is 21.7 Å². The van der Waals surface area contributed by atoms with Gasteiger partial charge in [-0.25, -0.2) is 4.98 Å². The maximum absolute atomic E-state index is 5.52. The van der Waals surface area contributed by atoms with Gasteiger partial charge >= 0.3 is 0 Å². The number of ether oxygens (including phenoxy) is 2. The molecule has 1 heterocycles. The number of nitrogens with zero attached hydrogens (tertiary/aromatic N) is 1. The van der Waals surface area contributed by atoms with Crippen LogP contribution in [0.15, 0.2) is 60.7 Å². The Kier molecular flexibility index (Phi) is 3.77. The maximum Gasteiger partial charge on any atom is 0.161 e. The van der Waals surface area contributed by atoms with Crippen molar-refractivity contribution in [2.75, 3.05) is 14.2 Å². The molecular formula is C22H19NO2. The zero-order valence-electron chi connectivity index (χ0n) is 14.5. The van der Waals surface area contributed by atoms with Gasteiger partial charge in [0.15, 0.2) is 11.5 Å². The van der Waals surface area contributed by atoms with Crippen LogP contribution in [0.3, 0.4) is 0 Å². The first-order valence-corrected chi connectivity index (χ1v) is 8.23. The van der Waals surface area contributed by atoms with Crippen molar-refractivity contribution in [1.82, 2.24) is 4.98 Å². The third-order valence-electron chi connectivity index (χ3n) is 4.50. The van der Waals surface area contributed by atoms with Gasteiger partial charge in [0.1, 0.15) is 0 Å². The Hall–Kier alpha value is -3.07. The average molecular weight is 329 g/mol. The van der Waals surface area contributed by atoms with Crippen LogP contribution in [0.5, 0.6) is 11.5 Å². The fourth-order valence-corrected chi connectivity index (χ4v) is 3.26. The van der Waals surface area contributed by atoms with Crippen molar-refractivity contribution < 1.29 is 9.47 Å². The third-order valence-corrected chi connectivity index (χ3v) is 4.50. The molecular weight excluding hydrogens is 310 g/mol. The number of aryl methyl sites for hydroxylation is 1. The zero-order valence-corrected chi connectivity index (χ0v) is 14.5. The van der Waals surface area contributed by atoms with Crippen LogP contribution in [0.4, 0.5) is 0 Å². The van der Waals surface area contributed by atoms with Gasteiger partial charge in [-0.1, -0.05) is 42.0 Å². The molecule has 0 amide bonds. The number of rotatable bonds is 3. The van der Waals surface area contributed by atoms with Gasteiger partial charge in [0.05, 0.1) is 25.4 Å². The van der Waals surface area contributed by atoms with E-state index in [9.17, 15) is 0 Å². The molecule has 0 saturated heterocycles. The predicted molar refractivity (Wildman–Crippen MR) is 103 cm³/mol. The van der Waals surface area contributed by atoms with E-state index in [2.05, 4.69) is 37.3 Å². The van der Waals surface area contributed by atoms with Crippen LogP contribution in [-0.2, 0) is 0 Å². The van der Waals surface area contributed by atoms with Gasteiger partial charge in [-0.3, -0.25) is 0 Å². The van der Waals surface area contributed by atoms with Gasteiger partial charge in [0, 0.05) is 16.3 Å². The Balaban J connectivity index is 2.18. The lowest BCUT2D eigenvalue weighted by Gasteiger charge is -2.14. The van der Waals surface area contributed by atoms with E-state index in [4.69, 9.17) is 14.5 Å². The van der Waals surface area contributed by atoms with Crippen LogP contribution >= 0.6 is 0 Å². The second-order valence-electron chi connectivity index (χ2n) is 6.10. The van der Waals surface area contributed by atoms with Gasteiger partial charge in [-0.05, 0) is 36.6 Å². The Morgan fingerprint density at radius 2 is 1.40 bits per heavy atom. The number of methoxy groups -OCH3 is 2. The molecule has 0 unspecified atom stereocenters. The minimum Gasteiger partial charge on any atom is -0.493 e. The molecule has 4 aromatic rings. The summed E-state index contributed by atoms with van der Waals surface area (Å²) in [7, 11) is 3.32. The number of hydrogen-bond donors (Lipinski definition) is 0. The monoisotopic (exact) mass is 329 g/mol. The summed E-state index contributed by atoms with van der Waals surface area (Å²) in [5, 5.41) is 3.29. The van der Waals surface area contributed by atoms with Crippen molar-refractivity contribution in [3.05, 3.63) is 66.2 Å². The van der Waals surface area contributed by atoms with Crippen molar-refractivity contribution in [3.8, 4) is 22.8 Å². The summed E-state index contributed by atoms with van der Waals surface area (Å²) in [6, 6.07) is 20.6. The molecule has 3 nitrogen and oxygen atoms in total. The highest BCUT2D eigenvalue weighted by Crippen LogP contribution is 2.39. The molecule has 0 bridgehead atoms. The van der Waals surface area contributed by atoms with Crippen LogP contribution in [0.1, 0.15) is 5.56 Å². The second kappa shape index (κ2) is 6.10. The zero-order chi connectivity index (χ0) is 17.4. The minimum atomic E-state index is 0.709. The van der Waals surface area contributed by atoms with Crippen LogP contribution in [-0.4, -0.2) is 19.2 Å². The van der Waals surface area contributed by atoms with E-state index in [1.807, 2.05) is 30.3 Å². The lowest BCUT2D eigenvalue weighted by Crippen LogP contribution is -1.94. The summed E-state index contributed by atoms with van der Waals surface area (Å²) in [5.74, 6) is 1.43. The van der Waals surface area contributed by atoms with Crippen LogP contribution < -0.4 is 9.47 Å². The van der Waals surface area contributed by atoms with E-state index in [0.717, 1.165) is 38.7 Å². The highest BCUT2D eigenvalue weighted by Gasteiger charge is 2.14. The van der Waals surface area contributed by atoms with E-state index < -0.39 is 0 Å². The summed E-state index contributed by atoms with van der Waals surface area (Å²) in [5.41, 5.74) is 4.22. The molecule has 25 heavy (non-hydrogen) atoms. The number of pyridine rings is 1. The molecule has 3 aromatic carbocycles. The average Bonchev–Trinajstić information content (AvgIpc) is 2.67. The van der Waals surface area contributed by atoms with Crippen LogP contribution in [0.2, 0.25) is 0 Å². The van der Waals surface area contributed by atoms with Gasteiger partial charge in [0.25, 0.3) is 0 Å². The first-order chi connectivity index (χ1) is 12.2. The van der Waals surface area contributed by atoms with E-state index >= 15 is 0 Å². The van der Waals surface area contributed by atoms with Crippen LogP contribution in [0.25, 0.3) is 32.9 Å². The summed E-state index contributed by atoms with van der Waals surface area (Å²) in [4.78, 5) is 4.95. The third kappa shape index (κ3) is 2.58. The highest BCUT2D eigenvalue weighted by atomic mass is 16.5. The van der Waals surface area contributed by atoms with E-state index in [1.54, 1.807) is 14.2 Å². The number of hydrogen-bond acceptors (Lipinski definition) is 3. The van der Waals surface area contributed by atoms with Crippen LogP contribution in [0, 0.1) is 6.92 Å². The molecule has 0 aliphatic heterocycles. The molecule has 4 rings (SSSR count). The van der Waals surface area contributed by atoms with Gasteiger partial charge in [-0.15, -0.1) is 0 Å². The summed E-state index contributed by atoms with van der Waals surface area (Å²) < 4.78 is 11.0. The van der Waals surface area contributed by atoms with E-state index in [-0.39, 0.29) is 0 Å². The first-order valence-electron chi connectivity index (χ1n) is 8.23. The standard InChI is InChI=1S/C22H19NO2/c1-14-9-10-19-17(11-14)16-12-20(24-2)21(25-3)13-18(16)22(23-19)15-7-5-4-6-8-15/h4-13H,1-3H3. The minimum absolute atomic E-state index is 0.709. The lowest BCUT2D eigenvalue weighted by atomic mass is 9.98.